The third-order valence-corrected chi connectivity index (χ3v) is 3.75. The SMILES string of the molecule is CCC(C)(C)c1ccc(C(O)c2ccoc2)cc1. The first-order valence-corrected chi connectivity index (χ1v) is 6.35. The molecule has 0 fully saturated rings. The average Bonchev–Trinajstić information content (AvgIpc) is 2.92. The van der Waals surface area contributed by atoms with E-state index in [0.29, 0.717) is 0 Å². The van der Waals surface area contributed by atoms with Gasteiger partial charge >= 0.3 is 0 Å². The molecule has 0 amide bonds. The van der Waals surface area contributed by atoms with Crippen LogP contribution in [0.2, 0.25) is 0 Å². The molecule has 1 unspecified atom stereocenters. The number of hydrogen-bond acceptors (Lipinski definition) is 2. The van der Waals surface area contributed by atoms with Crippen LogP contribution in [0, 0.1) is 0 Å². The van der Waals surface area contributed by atoms with E-state index in [1.54, 1.807) is 18.6 Å². The predicted octanol–water partition coefficient (Wildman–Crippen LogP) is 4.05. The van der Waals surface area contributed by atoms with Gasteiger partial charge in [0.15, 0.2) is 0 Å². The van der Waals surface area contributed by atoms with Gasteiger partial charge in [-0.1, -0.05) is 45.0 Å². The fourth-order valence-corrected chi connectivity index (χ4v) is 1.94. The molecule has 0 saturated heterocycles. The van der Waals surface area contributed by atoms with Gasteiger partial charge in [-0.25, -0.2) is 0 Å². The molecule has 1 aromatic carbocycles. The average molecular weight is 244 g/mol. The molecule has 1 N–H and O–H groups in total. The van der Waals surface area contributed by atoms with Crippen molar-refractivity contribution in [2.45, 2.75) is 38.7 Å². The zero-order chi connectivity index (χ0) is 13.2. The molecular weight excluding hydrogens is 224 g/mol. The van der Waals surface area contributed by atoms with E-state index in [-0.39, 0.29) is 5.41 Å². The summed E-state index contributed by atoms with van der Waals surface area (Å²) in [6.07, 6.45) is 3.64. The third kappa shape index (κ3) is 2.49. The van der Waals surface area contributed by atoms with Crippen LogP contribution in [0.4, 0.5) is 0 Å². The minimum atomic E-state index is -0.609. The Balaban J connectivity index is 2.23. The summed E-state index contributed by atoms with van der Waals surface area (Å²) < 4.78 is 4.99. The zero-order valence-corrected chi connectivity index (χ0v) is 11.2. The summed E-state index contributed by atoms with van der Waals surface area (Å²) in [5.74, 6) is 0. The first-order valence-electron chi connectivity index (χ1n) is 6.35. The fraction of sp³-hybridized carbons (Fsp3) is 0.375. The Morgan fingerprint density at radius 1 is 1.11 bits per heavy atom. The van der Waals surface area contributed by atoms with Crippen LogP contribution in [0.5, 0.6) is 0 Å². The van der Waals surface area contributed by atoms with E-state index in [1.165, 1.54) is 5.56 Å². The van der Waals surface area contributed by atoms with Crippen LogP contribution in [-0.2, 0) is 5.41 Å². The summed E-state index contributed by atoms with van der Waals surface area (Å²) in [4.78, 5) is 0. The topological polar surface area (TPSA) is 33.4 Å². The molecule has 0 aliphatic carbocycles. The van der Waals surface area contributed by atoms with Crippen LogP contribution < -0.4 is 0 Å². The number of furan rings is 1. The molecule has 1 heterocycles. The van der Waals surface area contributed by atoms with E-state index in [2.05, 4.69) is 32.9 Å². The second kappa shape index (κ2) is 4.99. The van der Waals surface area contributed by atoms with Gasteiger partial charge < -0.3 is 9.52 Å². The van der Waals surface area contributed by atoms with Crippen LogP contribution in [-0.4, -0.2) is 5.11 Å². The van der Waals surface area contributed by atoms with Crippen molar-refractivity contribution >= 4 is 0 Å². The molecule has 0 aliphatic rings. The van der Waals surface area contributed by atoms with Gasteiger partial charge in [-0.15, -0.1) is 0 Å². The molecule has 0 aliphatic heterocycles. The van der Waals surface area contributed by atoms with E-state index in [1.807, 2.05) is 12.1 Å². The Morgan fingerprint density at radius 3 is 2.28 bits per heavy atom. The lowest BCUT2D eigenvalue weighted by Gasteiger charge is -2.23. The zero-order valence-electron chi connectivity index (χ0n) is 11.2. The molecule has 2 rings (SSSR count). The van der Waals surface area contributed by atoms with E-state index in [4.69, 9.17) is 4.42 Å². The fourth-order valence-electron chi connectivity index (χ4n) is 1.94. The van der Waals surface area contributed by atoms with Crippen molar-refractivity contribution in [3.8, 4) is 0 Å². The number of benzene rings is 1. The maximum atomic E-state index is 10.2. The van der Waals surface area contributed by atoms with E-state index < -0.39 is 6.10 Å². The number of aliphatic hydroxyl groups is 1. The van der Waals surface area contributed by atoms with Crippen LogP contribution in [0.3, 0.4) is 0 Å². The first kappa shape index (κ1) is 12.9. The second-order valence-corrected chi connectivity index (χ2v) is 5.32. The molecule has 2 aromatic rings. The maximum Gasteiger partial charge on any atom is 0.107 e. The van der Waals surface area contributed by atoms with Crippen molar-refractivity contribution < 1.29 is 9.52 Å². The summed E-state index contributed by atoms with van der Waals surface area (Å²) in [6, 6.07) is 9.97. The highest BCUT2D eigenvalue weighted by atomic mass is 16.3. The van der Waals surface area contributed by atoms with Gasteiger partial charge in [-0.2, -0.15) is 0 Å². The summed E-state index contributed by atoms with van der Waals surface area (Å²) in [5.41, 5.74) is 3.16. The number of hydrogen-bond donors (Lipinski definition) is 1. The third-order valence-electron chi connectivity index (χ3n) is 3.75. The van der Waals surface area contributed by atoms with Crippen LogP contribution >= 0.6 is 0 Å². The standard InChI is InChI=1S/C16H20O2/c1-4-16(2,3)14-7-5-12(6-8-14)15(17)13-9-10-18-11-13/h5-11,15,17H,4H2,1-3H3. The van der Waals surface area contributed by atoms with E-state index in [9.17, 15) is 5.11 Å². The quantitative estimate of drug-likeness (QED) is 0.880. The molecular formula is C16H20O2. The van der Waals surface area contributed by atoms with Crippen molar-refractivity contribution in [1.82, 2.24) is 0 Å². The Hall–Kier alpha value is -1.54. The van der Waals surface area contributed by atoms with Crippen molar-refractivity contribution in [1.29, 1.82) is 0 Å². The Bertz CT molecular complexity index is 480. The molecule has 1 aromatic heterocycles. The summed E-state index contributed by atoms with van der Waals surface area (Å²) in [7, 11) is 0. The molecule has 0 radical (unpaired) electrons. The maximum absolute atomic E-state index is 10.2. The van der Waals surface area contributed by atoms with Gasteiger partial charge in [0.25, 0.3) is 0 Å². The smallest absolute Gasteiger partial charge is 0.107 e. The molecule has 2 heteroatoms. The number of rotatable bonds is 4. The highest BCUT2D eigenvalue weighted by molar-refractivity contribution is 5.32. The van der Waals surface area contributed by atoms with Gasteiger partial charge in [0.05, 0.1) is 12.5 Å². The summed E-state index contributed by atoms with van der Waals surface area (Å²) >= 11 is 0. The van der Waals surface area contributed by atoms with Gasteiger partial charge in [-0.3, -0.25) is 0 Å². The summed E-state index contributed by atoms with van der Waals surface area (Å²) in [6.45, 7) is 6.65. The molecule has 96 valence electrons. The molecule has 0 bridgehead atoms. The predicted molar refractivity (Wildman–Crippen MR) is 72.5 cm³/mol. The largest absolute Gasteiger partial charge is 0.472 e. The van der Waals surface area contributed by atoms with Crippen molar-refractivity contribution in [2.24, 2.45) is 0 Å². The highest BCUT2D eigenvalue weighted by Crippen LogP contribution is 2.29. The minimum absolute atomic E-state index is 0.180. The van der Waals surface area contributed by atoms with Crippen molar-refractivity contribution in [3.05, 3.63) is 59.5 Å². The Kier molecular flexibility index (Phi) is 3.58. The normalized spacial score (nSPS) is 13.6. The summed E-state index contributed by atoms with van der Waals surface area (Å²) in [5, 5.41) is 10.2. The molecule has 2 nitrogen and oxygen atoms in total. The van der Waals surface area contributed by atoms with E-state index in [0.717, 1.165) is 17.5 Å². The lowest BCUT2D eigenvalue weighted by molar-refractivity contribution is 0.219. The van der Waals surface area contributed by atoms with Crippen LogP contribution in [0.1, 0.15) is 50.0 Å². The monoisotopic (exact) mass is 244 g/mol. The lowest BCUT2D eigenvalue weighted by atomic mass is 9.82. The van der Waals surface area contributed by atoms with Gasteiger partial charge in [-0.05, 0) is 29.0 Å². The molecule has 1 atom stereocenters. The molecule has 0 spiro atoms. The lowest BCUT2D eigenvalue weighted by Crippen LogP contribution is -2.15. The second-order valence-electron chi connectivity index (χ2n) is 5.32. The Morgan fingerprint density at radius 2 is 1.78 bits per heavy atom. The number of aliphatic hydroxyl groups excluding tert-OH is 1. The van der Waals surface area contributed by atoms with Gasteiger partial charge in [0.1, 0.15) is 6.10 Å². The van der Waals surface area contributed by atoms with Gasteiger partial charge in [0.2, 0.25) is 0 Å². The van der Waals surface area contributed by atoms with Crippen LogP contribution in [0.15, 0.2) is 47.3 Å². The van der Waals surface area contributed by atoms with Crippen molar-refractivity contribution in [3.63, 3.8) is 0 Å². The Labute approximate surface area is 108 Å². The molecule has 18 heavy (non-hydrogen) atoms. The van der Waals surface area contributed by atoms with Gasteiger partial charge in [0, 0.05) is 5.56 Å². The van der Waals surface area contributed by atoms with E-state index >= 15 is 0 Å². The first-order chi connectivity index (χ1) is 8.54. The van der Waals surface area contributed by atoms with Crippen molar-refractivity contribution in [2.75, 3.05) is 0 Å². The highest BCUT2D eigenvalue weighted by Gasteiger charge is 2.18. The molecule has 0 saturated carbocycles. The van der Waals surface area contributed by atoms with Crippen LogP contribution in [0.25, 0.3) is 0 Å². The minimum Gasteiger partial charge on any atom is -0.472 e.